The van der Waals surface area contributed by atoms with E-state index in [0.29, 0.717) is 0 Å². The van der Waals surface area contributed by atoms with Gasteiger partial charge >= 0.3 is 0 Å². The maximum absolute atomic E-state index is 11.8. The van der Waals surface area contributed by atoms with Crippen LogP contribution in [0.2, 0.25) is 0 Å². The molecule has 0 aliphatic rings. The van der Waals surface area contributed by atoms with Gasteiger partial charge in [0.1, 0.15) is 0 Å². The molecule has 2 N–H and O–H groups in total. The van der Waals surface area contributed by atoms with Gasteiger partial charge in [0.2, 0.25) is 11.8 Å². The molecule has 2 aromatic rings. The van der Waals surface area contributed by atoms with E-state index in [1.165, 1.54) is 0 Å². The quantitative estimate of drug-likeness (QED) is 0.255. The molecule has 0 bridgehead atoms. The highest BCUT2D eigenvalue weighted by molar-refractivity contribution is 5.89. The van der Waals surface area contributed by atoms with Crippen molar-refractivity contribution in [1.82, 2.24) is 10.9 Å². The molecule has 0 radical (unpaired) electrons. The predicted octanol–water partition coefficient (Wildman–Crippen LogP) is 1.70. The van der Waals surface area contributed by atoms with Crippen LogP contribution in [0.4, 0.5) is 22.7 Å². The Bertz CT molecular complexity index is 1210. The van der Waals surface area contributed by atoms with Crippen molar-refractivity contribution >= 4 is 47.0 Å². The lowest BCUT2D eigenvalue weighted by atomic mass is 10.2. The molecule has 2 amide bonds. The Hall–Kier alpha value is -5.68. The molecule has 0 saturated heterocycles. The molecule has 0 atom stereocenters. The minimum atomic E-state index is -0.855. The molecule has 36 heavy (non-hydrogen) atoms. The minimum Gasteiger partial charge on any atom is -0.273 e. The van der Waals surface area contributed by atoms with E-state index in [2.05, 4.69) is 10.2 Å². The van der Waals surface area contributed by atoms with Gasteiger partial charge in [-0.1, -0.05) is 0 Å². The zero-order chi connectivity index (χ0) is 26.8. The van der Waals surface area contributed by atoms with Gasteiger partial charge in [-0.2, -0.15) is 10.2 Å². The number of rotatable bonds is 11. The summed E-state index contributed by atoms with van der Waals surface area (Å²) in [7, 11) is 0. The van der Waals surface area contributed by atoms with Gasteiger partial charge in [-0.3, -0.25) is 50.0 Å². The van der Waals surface area contributed by atoms with Crippen LogP contribution in [0.15, 0.2) is 46.6 Å². The van der Waals surface area contributed by atoms with Crippen molar-refractivity contribution in [2.45, 2.75) is 12.8 Å². The Morgan fingerprint density at radius 1 is 0.667 bits per heavy atom. The van der Waals surface area contributed by atoms with E-state index in [1.54, 1.807) is 0 Å². The molecule has 186 valence electrons. The van der Waals surface area contributed by atoms with E-state index < -0.39 is 54.3 Å². The third-order valence-electron chi connectivity index (χ3n) is 4.21. The van der Waals surface area contributed by atoms with Crippen LogP contribution in [0, 0.1) is 40.5 Å². The number of hydrazone groups is 2. The van der Waals surface area contributed by atoms with Crippen molar-refractivity contribution in [2.24, 2.45) is 10.2 Å². The van der Waals surface area contributed by atoms with Gasteiger partial charge in [-0.05, 0) is 12.1 Å². The monoisotopic (exact) mass is 502 g/mol. The van der Waals surface area contributed by atoms with E-state index in [-0.39, 0.29) is 24.0 Å². The lowest BCUT2D eigenvalue weighted by Gasteiger charge is -2.01. The highest BCUT2D eigenvalue weighted by Crippen LogP contribution is 2.24. The van der Waals surface area contributed by atoms with Crippen LogP contribution in [0.5, 0.6) is 0 Å². The second-order valence-electron chi connectivity index (χ2n) is 6.60. The number of amides is 2. The second kappa shape index (κ2) is 12.0. The highest BCUT2D eigenvalue weighted by atomic mass is 16.6. The smallest absolute Gasteiger partial charge is 0.273 e. The first-order valence-corrected chi connectivity index (χ1v) is 9.49. The first-order chi connectivity index (χ1) is 17.0. The van der Waals surface area contributed by atoms with Crippen molar-refractivity contribution in [1.29, 1.82) is 0 Å². The van der Waals surface area contributed by atoms with E-state index in [4.69, 9.17) is 0 Å². The average Bonchev–Trinajstić information content (AvgIpc) is 2.82. The van der Waals surface area contributed by atoms with Gasteiger partial charge in [0, 0.05) is 25.0 Å². The minimum absolute atomic E-state index is 0.113. The Labute approximate surface area is 198 Å². The number of nitrogens with one attached hydrogen (secondary N) is 2. The van der Waals surface area contributed by atoms with Crippen LogP contribution >= 0.6 is 0 Å². The van der Waals surface area contributed by atoms with Crippen molar-refractivity contribution in [3.63, 3.8) is 0 Å². The maximum atomic E-state index is 11.8. The Balaban J connectivity index is 1.89. The fourth-order valence-corrected chi connectivity index (χ4v) is 2.51. The molecule has 18 nitrogen and oxygen atoms in total. The van der Waals surface area contributed by atoms with Gasteiger partial charge in [-0.15, -0.1) is 0 Å². The number of nitro groups is 4. The highest BCUT2D eigenvalue weighted by Gasteiger charge is 2.19. The molecule has 0 unspecified atom stereocenters. The Morgan fingerprint density at radius 2 is 1.03 bits per heavy atom. The van der Waals surface area contributed by atoms with Crippen LogP contribution in [-0.2, 0) is 9.59 Å². The van der Waals surface area contributed by atoms with Gasteiger partial charge in [-0.25, -0.2) is 10.9 Å². The number of carbonyl (C=O) groups excluding carboxylic acids is 2. The zero-order valence-corrected chi connectivity index (χ0v) is 17.8. The van der Waals surface area contributed by atoms with Crippen molar-refractivity contribution in [3.05, 3.63) is 88.0 Å². The maximum Gasteiger partial charge on any atom is 0.285 e. The normalized spacial score (nSPS) is 10.8. The zero-order valence-electron chi connectivity index (χ0n) is 17.8. The first-order valence-electron chi connectivity index (χ1n) is 9.49. The topological polar surface area (TPSA) is 255 Å². The number of hydrogen-bond acceptors (Lipinski definition) is 12. The third-order valence-corrected chi connectivity index (χ3v) is 4.21. The summed E-state index contributed by atoms with van der Waals surface area (Å²) in [5, 5.41) is 50.6. The summed E-state index contributed by atoms with van der Waals surface area (Å²) in [6, 6.07) is 5.66. The van der Waals surface area contributed by atoms with Gasteiger partial charge in [0.05, 0.1) is 55.4 Å². The molecular weight excluding hydrogens is 488 g/mol. The van der Waals surface area contributed by atoms with E-state index in [9.17, 15) is 50.0 Å². The molecule has 0 aliphatic heterocycles. The van der Waals surface area contributed by atoms with Crippen LogP contribution in [0.25, 0.3) is 0 Å². The SMILES string of the molecule is O=C(CCC(=O)NN=Cc1ccc([N+](=O)[O-])cc1[N+](=O)[O-])NN=Cc1ccc([N+](=O)[O-])cc1[N+](=O)[O-]. The molecule has 2 rings (SSSR count). The van der Waals surface area contributed by atoms with E-state index in [0.717, 1.165) is 48.8 Å². The van der Waals surface area contributed by atoms with Crippen LogP contribution in [0.3, 0.4) is 0 Å². The van der Waals surface area contributed by atoms with Crippen LogP contribution in [0.1, 0.15) is 24.0 Å². The number of carbonyl (C=O) groups is 2. The molecule has 0 fully saturated rings. The molecular formula is C18H14N8O10. The number of non-ortho nitro benzene ring substituents is 2. The summed E-state index contributed by atoms with van der Waals surface area (Å²) >= 11 is 0. The van der Waals surface area contributed by atoms with Crippen molar-refractivity contribution < 1.29 is 29.3 Å². The van der Waals surface area contributed by atoms with E-state index >= 15 is 0 Å². The van der Waals surface area contributed by atoms with Gasteiger partial charge < -0.3 is 0 Å². The summed E-state index contributed by atoms with van der Waals surface area (Å²) in [5.74, 6) is -1.50. The first kappa shape index (κ1) is 26.6. The molecule has 0 heterocycles. The van der Waals surface area contributed by atoms with Crippen molar-refractivity contribution in [3.8, 4) is 0 Å². The Morgan fingerprint density at radius 3 is 1.33 bits per heavy atom. The molecule has 0 aliphatic carbocycles. The van der Waals surface area contributed by atoms with Gasteiger partial charge in [0.15, 0.2) is 0 Å². The molecule has 0 aromatic heterocycles. The number of benzene rings is 2. The molecule has 18 heteroatoms. The largest absolute Gasteiger partial charge is 0.285 e. The fraction of sp³-hybridized carbons (Fsp3) is 0.111. The van der Waals surface area contributed by atoms with Crippen molar-refractivity contribution in [2.75, 3.05) is 0 Å². The van der Waals surface area contributed by atoms with Crippen LogP contribution in [-0.4, -0.2) is 43.9 Å². The molecule has 0 saturated carbocycles. The standard InChI is InChI=1S/C18H14N8O10/c27-17(21-19-9-11-1-3-13(23(29)30)7-15(11)25(33)34)5-6-18(28)22-20-10-12-2-4-14(24(31)32)8-16(12)26(35)36/h1-4,7-10H,5-6H2,(H,21,27)(H,22,28). The fourth-order valence-electron chi connectivity index (χ4n) is 2.51. The summed E-state index contributed by atoms with van der Waals surface area (Å²) < 4.78 is 0. The predicted molar refractivity (Wildman–Crippen MR) is 120 cm³/mol. The summed E-state index contributed by atoms with van der Waals surface area (Å²) in [6.45, 7) is 0. The summed E-state index contributed by atoms with van der Waals surface area (Å²) in [6.07, 6.45) is 1.06. The second-order valence-corrected chi connectivity index (χ2v) is 6.60. The number of nitrogens with zero attached hydrogens (tertiary/aromatic N) is 6. The summed E-state index contributed by atoms with van der Waals surface area (Å²) in [4.78, 5) is 63.9. The van der Waals surface area contributed by atoms with Gasteiger partial charge in [0.25, 0.3) is 22.7 Å². The lowest BCUT2D eigenvalue weighted by molar-refractivity contribution is -0.394. The van der Waals surface area contributed by atoms with E-state index in [1.807, 2.05) is 10.9 Å². The molecule has 2 aromatic carbocycles. The molecule has 0 spiro atoms. The third kappa shape index (κ3) is 7.43. The number of nitro benzene ring substituents is 4. The lowest BCUT2D eigenvalue weighted by Crippen LogP contribution is -2.23. The average molecular weight is 502 g/mol. The number of hydrogen-bond donors (Lipinski definition) is 2. The summed E-state index contributed by atoms with van der Waals surface area (Å²) in [5.41, 5.74) is 1.63. The van der Waals surface area contributed by atoms with Crippen LogP contribution < -0.4 is 10.9 Å². The Kier molecular flexibility index (Phi) is 8.84.